The molecule has 5 aromatic rings. The second-order valence-corrected chi connectivity index (χ2v) is 8.18. The molecule has 0 atom stereocenters. The number of benzene rings is 3. The molecule has 2 heterocycles. The topological polar surface area (TPSA) is 58.9 Å². The number of nitrogens with zero attached hydrogens (tertiary/aromatic N) is 1. The third kappa shape index (κ3) is 3.31. The first-order chi connectivity index (χ1) is 14.1. The number of para-hydroxylation sites is 2. The minimum absolute atomic E-state index is 0.248. The minimum Gasteiger partial charge on any atom is -0.431 e. The summed E-state index contributed by atoms with van der Waals surface area (Å²) >= 11 is 13.9. The van der Waals surface area contributed by atoms with Crippen LogP contribution in [0.2, 0.25) is 10.0 Å². The highest BCUT2D eigenvalue weighted by Crippen LogP contribution is 2.41. The van der Waals surface area contributed by atoms with Crippen molar-refractivity contribution in [2.45, 2.75) is 10.1 Å². The van der Waals surface area contributed by atoms with E-state index in [1.165, 1.54) is 11.8 Å². The maximum Gasteiger partial charge on any atom is 0.263 e. The highest BCUT2D eigenvalue weighted by Gasteiger charge is 2.20. The van der Waals surface area contributed by atoms with Crippen molar-refractivity contribution in [3.63, 3.8) is 0 Å². The van der Waals surface area contributed by atoms with Gasteiger partial charge in [0.15, 0.2) is 5.58 Å². The summed E-state index contributed by atoms with van der Waals surface area (Å²) in [4.78, 5) is 20.9. The molecule has 0 saturated heterocycles. The lowest BCUT2D eigenvalue weighted by Gasteiger charge is -2.13. The van der Waals surface area contributed by atoms with Crippen molar-refractivity contribution in [1.29, 1.82) is 0 Å². The molecule has 5 rings (SSSR count). The molecular weight excluding hydrogens is 427 g/mol. The predicted molar refractivity (Wildman–Crippen MR) is 118 cm³/mol. The molecule has 0 aliphatic carbocycles. The first-order valence-corrected chi connectivity index (χ1v) is 10.3. The Kier molecular flexibility index (Phi) is 4.59. The largest absolute Gasteiger partial charge is 0.431 e. The molecule has 0 unspecified atom stereocenters. The van der Waals surface area contributed by atoms with E-state index >= 15 is 0 Å². The summed E-state index contributed by atoms with van der Waals surface area (Å²) in [5.41, 5.74) is 3.26. The molecular formula is C22H12Cl2N2O2S. The van der Waals surface area contributed by atoms with Crippen molar-refractivity contribution in [3.8, 4) is 11.1 Å². The number of nitrogens with one attached hydrogen (secondary N) is 1. The molecule has 0 aliphatic heterocycles. The number of aromatic amines is 1. The lowest BCUT2D eigenvalue weighted by atomic mass is 10.0. The number of halogens is 2. The molecule has 2 aromatic heterocycles. The lowest BCUT2D eigenvalue weighted by Crippen LogP contribution is -2.10. The number of rotatable bonds is 3. The molecule has 0 amide bonds. The van der Waals surface area contributed by atoms with Gasteiger partial charge in [0.2, 0.25) is 0 Å². The summed E-state index contributed by atoms with van der Waals surface area (Å²) in [6, 6.07) is 20.2. The summed E-state index contributed by atoms with van der Waals surface area (Å²) in [6.07, 6.45) is 0. The average molecular weight is 439 g/mol. The van der Waals surface area contributed by atoms with Crippen molar-refractivity contribution in [2.75, 3.05) is 0 Å². The summed E-state index contributed by atoms with van der Waals surface area (Å²) in [5, 5.41) is 2.28. The Hall–Kier alpha value is -2.73. The molecule has 0 bridgehead atoms. The van der Waals surface area contributed by atoms with Crippen LogP contribution in [0, 0.1) is 0 Å². The zero-order valence-electron chi connectivity index (χ0n) is 14.8. The highest BCUT2D eigenvalue weighted by atomic mass is 35.5. The van der Waals surface area contributed by atoms with Gasteiger partial charge in [-0.2, -0.15) is 0 Å². The second kappa shape index (κ2) is 7.26. The molecule has 0 saturated carbocycles. The fourth-order valence-electron chi connectivity index (χ4n) is 3.26. The zero-order chi connectivity index (χ0) is 20.0. The third-order valence-electron chi connectivity index (χ3n) is 4.54. The number of oxazole rings is 1. The summed E-state index contributed by atoms with van der Waals surface area (Å²) in [6.45, 7) is 0. The van der Waals surface area contributed by atoms with E-state index in [1.807, 2.05) is 48.5 Å². The van der Waals surface area contributed by atoms with Crippen molar-refractivity contribution < 1.29 is 4.42 Å². The highest BCUT2D eigenvalue weighted by molar-refractivity contribution is 7.99. The van der Waals surface area contributed by atoms with Crippen LogP contribution >= 0.6 is 35.0 Å². The monoisotopic (exact) mass is 438 g/mol. The van der Waals surface area contributed by atoms with Crippen molar-refractivity contribution in [3.05, 3.63) is 87.1 Å². The van der Waals surface area contributed by atoms with Crippen molar-refractivity contribution >= 4 is 57.0 Å². The van der Waals surface area contributed by atoms with E-state index in [-0.39, 0.29) is 5.56 Å². The molecule has 4 nitrogen and oxygen atoms in total. The van der Waals surface area contributed by atoms with Crippen molar-refractivity contribution in [1.82, 2.24) is 9.97 Å². The van der Waals surface area contributed by atoms with Crippen LogP contribution in [0.15, 0.2) is 86.1 Å². The zero-order valence-corrected chi connectivity index (χ0v) is 17.1. The molecule has 0 radical (unpaired) electrons. The normalized spacial score (nSPS) is 11.4. The van der Waals surface area contributed by atoms with Gasteiger partial charge in [0, 0.05) is 32.1 Å². The molecule has 7 heteroatoms. The van der Waals surface area contributed by atoms with E-state index < -0.39 is 0 Å². The minimum atomic E-state index is -0.248. The summed E-state index contributed by atoms with van der Waals surface area (Å²) < 4.78 is 5.82. The van der Waals surface area contributed by atoms with Crippen LogP contribution in [0.5, 0.6) is 0 Å². The number of aromatic nitrogens is 2. The number of H-pyrrole nitrogens is 1. The van der Waals surface area contributed by atoms with Crippen LogP contribution in [-0.2, 0) is 0 Å². The summed E-state index contributed by atoms with van der Waals surface area (Å²) in [5.74, 6) is 0. The Bertz CT molecular complexity index is 1410. The maximum atomic E-state index is 13.0. The lowest BCUT2D eigenvalue weighted by molar-refractivity contribution is 0.489. The van der Waals surface area contributed by atoms with Crippen LogP contribution < -0.4 is 5.56 Å². The van der Waals surface area contributed by atoms with Crippen LogP contribution in [0.1, 0.15) is 0 Å². The maximum absolute atomic E-state index is 13.0. The van der Waals surface area contributed by atoms with Crippen molar-refractivity contribution in [2.24, 2.45) is 0 Å². The number of hydrogen-bond acceptors (Lipinski definition) is 4. The van der Waals surface area contributed by atoms with Gasteiger partial charge in [-0.3, -0.25) is 4.79 Å². The number of hydrogen-bond donors (Lipinski definition) is 1. The first-order valence-electron chi connectivity index (χ1n) is 8.74. The van der Waals surface area contributed by atoms with Gasteiger partial charge >= 0.3 is 0 Å². The third-order valence-corrected chi connectivity index (χ3v) is 6.05. The Balaban J connectivity index is 1.80. The Morgan fingerprint density at radius 3 is 2.59 bits per heavy atom. The van der Waals surface area contributed by atoms with Gasteiger partial charge in [0.25, 0.3) is 10.8 Å². The van der Waals surface area contributed by atoms with E-state index in [0.717, 1.165) is 16.5 Å². The van der Waals surface area contributed by atoms with Gasteiger partial charge in [-0.1, -0.05) is 53.5 Å². The number of pyridine rings is 1. The molecule has 0 aliphatic rings. The van der Waals surface area contributed by atoms with Gasteiger partial charge in [-0.15, -0.1) is 0 Å². The summed E-state index contributed by atoms with van der Waals surface area (Å²) in [7, 11) is 0. The standard InChI is InChI=1S/C22H12Cl2N2O2S/c23-12-9-10-16-14(11-12)19(13-5-1-2-6-15(13)24)20(21(27)25-16)29-22-26-17-7-3-4-8-18(17)28-22/h1-11H,(H,25,27). The number of fused-ring (bicyclic) bond motifs is 2. The van der Waals surface area contributed by atoms with E-state index in [9.17, 15) is 4.79 Å². The van der Waals surface area contributed by atoms with Crippen LogP contribution in [-0.4, -0.2) is 9.97 Å². The molecule has 0 fully saturated rings. The van der Waals surface area contributed by atoms with E-state index in [1.54, 1.807) is 18.2 Å². The molecule has 142 valence electrons. The predicted octanol–water partition coefficient (Wildman–Crippen LogP) is 6.79. The van der Waals surface area contributed by atoms with Crippen LogP contribution in [0.4, 0.5) is 0 Å². The molecule has 0 spiro atoms. The second-order valence-electron chi connectivity index (χ2n) is 6.38. The Morgan fingerprint density at radius 1 is 0.966 bits per heavy atom. The fraction of sp³-hybridized carbons (Fsp3) is 0. The molecule has 1 N–H and O–H groups in total. The smallest absolute Gasteiger partial charge is 0.263 e. The van der Waals surface area contributed by atoms with Gasteiger partial charge in [0.05, 0.1) is 4.90 Å². The van der Waals surface area contributed by atoms with E-state index in [4.69, 9.17) is 27.6 Å². The SMILES string of the molecule is O=c1[nH]c2ccc(Cl)cc2c(-c2ccccc2Cl)c1Sc1nc2ccccc2o1. The fourth-order valence-corrected chi connectivity index (χ4v) is 4.58. The van der Waals surface area contributed by atoms with E-state index in [2.05, 4.69) is 9.97 Å². The quantitative estimate of drug-likeness (QED) is 0.336. The van der Waals surface area contributed by atoms with Crippen LogP contribution in [0.3, 0.4) is 0 Å². The Morgan fingerprint density at radius 2 is 1.76 bits per heavy atom. The van der Waals surface area contributed by atoms with Gasteiger partial charge < -0.3 is 9.40 Å². The Labute approximate surface area is 179 Å². The van der Waals surface area contributed by atoms with E-state index in [0.29, 0.717) is 36.8 Å². The van der Waals surface area contributed by atoms with Gasteiger partial charge in [0.1, 0.15) is 5.52 Å². The van der Waals surface area contributed by atoms with Gasteiger partial charge in [-0.05, 0) is 48.2 Å². The molecule has 3 aromatic carbocycles. The first kappa shape index (κ1) is 18.3. The average Bonchev–Trinajstić information content (AvgIpc) is 3.12. The van der Waals surface area contributed by atoms with Crippen LogP contribution in [0.25, 0.3) is 33.1 Å². The molecule has 29 heavy (non-hydrogen) atoms. The van der Waals surface area contributed by atoms with Gasteiger partial charge in [-0.25, -0.2) is 4.98 Å².